The standard InChI is InChI=1S/C15H21NO2S/c1-3-13(17)9-16(10-14-5-4-8-18-14)11-15-7-6-12(2)19-15/h4-8,13,17H,3,9-11H2,1-2H3. The van der Waals surface area contributed by atoms with Gasteiger partial charge in [-0.3, -0.25) is 4.90 Å². The van der Waals surface area contributed by atoms with E-state index in [0.29, 0.717) is 6.54 Å². The highest BCUT2D eigenvalue weighted by Gasteiger charge is 2.13. The van der Waals surface area contributed by atoms with Gasteiger partial charge in [-0.2, -0.15) is 0 Å². The van der Waals surface area contributed by atoms with Gasteiger partial charge in [0.25, 0.3) is 0 Å². The van der Waals surface area contributed by atoms with E-state index >= 15 is 0 Å². The van der Waals surface area contributed by atoms with Crippen LogP contribution in [0.25, 0.3) is 0 Å². The van der Waals surface area contributed by atoms with E-state index in [-0.39, 0.29) is 6.10 Å². The molecule has 2 rings (SSSR count). The molecule has 0 radical (unpaired) electrons. The average Bonchev–Trinajstić information content (AvgIpc) is 3.01. The van der Waals surface area contributed by atoms with Crippen molar-refractivity contribution in [2.24, 2.45) is 0 Å². The highest BCUT2D eigenvalue weighted by Crippen LogP contribution is 2.19. The molecule has 2 heterocycles. The smallest absolute Gasteiger partial charge is 0.117 e. The van der Waals surface area contributed by atoms with Crippen molar-refractivity contribution in [1.82, 2.24) is 4.90 Å². The maximum Gasteiger partial charge on any atom is 0.117 e. The number of aliphatic hydroxyl groups is 1. The van der Waals surface area contributed by atoms with Gasteiger partial charge in [-0.05, 0) is 37.6 Å². The van der Waals surface area contributed by atoms with E-state index in [4.69, 9.17) is 4.42 Å². The Labute approximate surface area is 118 Å². The maximum atomic E-state index is 9.87. The number of rotatable bonds is 7. The number of thiophene rings is 1. The third kappa shape index (κ3) is 4.49. The maximum absolute atomic E-state index is 9.87. The van der Waals surface area contributed by atoms with Crippen molar-refractivity contribution in [2.45, 2.75) is 39.5 Å². The predicted molar refractivity (Wildman–Crippen MR) is 78.2 cm³/mol. The molecule has 0 fully saturated rings. The van der Waals surface area contributed by atoms with E-state index in [1.54, 1.807) is 6.26 Å². The molecule has 19 heavy (non-hydrogen) atoms. The van der Waals surface area contributed by atoms with E-state index in [2.05, 4.69) is 24.0 Å². The lowest BCUT2D eigenvalue weighted by molar-refractivity contribution is 0.0979. The van der Waals surface area contributed by atoms with Gasteiger partial charge in [-0.15, -0.1) is 11.3 Å². The van der Waals surface area contributed by atoms with Crippen molar-refractivity contribution in [3.05, 3.63) is 46.0 Å². The Hall–Kier alpha value is -1.10. The zero-order valence-corrected chi connectivity index (χ0v) is 12.3. The van der Waals surface area contributed by atoms with Crippen LogP contribution in [0.1, 0.15) is 28.9 Å². The van der Waals surface area contributed by atoms with Crippen molar-refractivity contribution >= 4 is 11.3 Å². The van der Waals surface area contributed by atoms with Gasteiger partial charge in [0.2, 0.25) is 0 Å². The van der Waals surface area contributed by atoms with Gasteiger partial charge in [0.15, 0.2) is 0 Å². The number of hydrogen-bond acceptors (Lipinski definition) is 4. The molecule has 0 aliphatic rings. The topological polar surface area (TPSA) is 36.6 Å². The number of furan rings is 1. The monoisotopic (exact) mass is 279 g/mol. The van der Waals surface area contributed by atoms with E-state index in [0.717, 1.165) is 25.3 Å². The molecule has 1 unspecified atom stereocenters. The first kappa shape index (κ1) is 14.3. The molecule has 0 saturated heterocycles. The van der Waals surface area contributed by atoms with Crippen LogP contribution >= 0.6 is 11.3 Å². The predicted octanol–water partition coefficient (Wildman–Crippen LogP) is 3.42. The van der Waals surface area contributed by atoms with Gasteiger partial charge in [0.1, 0.15) is 5.76 Å². The highest BCUT2D eigenvalue weighted by atomic mass is 32.1. The van der Waals surface area contributed by atoms with Gasteiger partial charge in [0.05, 0.1) is 18.9 Å². The molecule has 2 aromatic rings. The van der Waals surface area contributed by atoms with Gasteiger partial charge in [0, 0.05) is 22.8 Å². The summed E-state index contributed by atoms with van der Waals surface area (Å²) in [5, 5.41) is 9.87. The summed E-state index contributed by atoms with van der Waals surface area (Å²) >= 11 is 1.81. The number of aliphatic hydroxyl groups excluding tert-OH is 1. The molecule has 1 atom stereocenters. The van der Waals surface area contributed by atoms with Crippen LogP contribution in [-0.2, 0) is 13.1 Å². The zero-order valence-electron chi connectivity index (χ0n) is 11.5. The normalized spacial score (nSPS) is 13.1. The minimum absolute atomic E-state index is 0.281. The molecule has 2 aromatic heterocycles. The van der Waals surface area contributed by atoms with Crippen LogP contribution in [0.5, 0.6) is 0 Å². The van der Waals surface area contributed by atoms with Gasteiger partial charge < -0.3 is 9.52 Å². The zero-order chi connectivity index (χ0) is 13.7. The minimum atomic E-state index is -0.281. The Morgan fingerprint density at radius 2 is 2.16 bits per heavy atom. The summed E-state index contributed by atoms with van der Waals surface area (Å²) in [4.78, 5) is 4.88. The molecule has 0 aromatic carbocycles. The average molecular weight is 279 g/mol. The van der Waals surface area contributed by atoms with Crippen molar-refractivity contribution in [1.29, 1.82) is 0 Å². The van der Waals surface area contributed by atoms with Crippen molar-refractivity contribution < 1.29 is 9.52 Å². The first-order valence-corrected chi connectivity index (χ1v) is 7.47. The fourth-order valence-electron chi connectivity index (χ4n) is 2.03. The largest absolute Gasteiger partial charge is 0.468 e. The fourth-order valence-corrected chi connectivity index (χ4v) is 2.96. The minimum Gasteiger partial charge on any atom is -0.468 e. The van der Waals surface area contributed by atoms with Crippen LogP contribution in [0.4, 0.5) is 0 Å². The third-order valence-corrected chi connectivity index (χ3v) is 4.06. The summed E-state index contributed by atoms with van der Waals surface area (Å²) < 4.78 is 5.40. The molecular formula is C15H21NO2S. The molecule has 3 nitrogen and oxygen atoms in total. The summed E-state index contributed by atoms with van der Waals surface area (Å²) in [5.41, 5.74) is 0. The van der Waals surface area contributed by atoms with Gasteiger partial charge in [-0.1, -0.05) is 6.92 Å². The molecule has 4 heteroatoms. The second-order valence-electron chi connectivity index (χ2n) is 4.82. The Kier molecular flexibility index (Phi) is 5.19. The molecule has 1 N–H and O–H groups in total. The van der Waals surface area contributed by atoms with E-state index < -0.39 is 0 Å². The first-order valence-electron chi connectivity index (χ1n) is 6.65. The molecular weight excluding hydrogens is 258 g/mol. The Bertz CT molecular complexity index is 478. The second-order valence-corrected chi connectivity index (χ2v) is 6.20. The highest BCUT2D eigenvalue weighted by molar-refractivity contribution is 7.11. The number of hydrogen-bond donors (Lipinski definition) is 1. The molecule has 0 aliphatic carbocycles. The third-order valence-electron chi connectivity index (χ3n) is 3.08. The van der Waals surface area contributed by atoms with Crippen LogP contribution in [0.2, 0.25) is 0 Å². The Morgan fingerprint density at radius 3 is 2.74 bits per heavy atom. The molecule has 0 aliphatic heterocycles. The first-order chi connectivity index (χ1) is 9.17. The fraction of sp³-hybridized carbons (Fsp3) is 0.467. The van der Waals surface area contributed by atoms with Crippen LogP contribution in [0.15, 0.2) is 34.9 Å². The molecule has 0 bridgehead atoms. The molecule has 0 spiro atoms. The summed E-state index contributed by atoms with van der Waals surface area (Å²) in [5.74, 6) is 0.941. The lowest BCUT2D eigenvalue weighted by Crippen LogP contribution is -2.31. The lowest BCUT2D eigenvalue weighted by atomic mass is 10.2. The van der Waals surface area contributed by atoms with E-state index in [1.165, 1.54) is 9.75 Å². The summed E-state index contributed by atoms with van der Waals surface area (Å²) in [6.07, 6.45) is 2.19. The van der Waals surface area contributed by atoms with Crippen LogP contribution in [0, 0.1) is 6.92 Å². The summed E-state index contributed by atoms with van der Waals surface area (Å²) in [7, 11) is 0. The van der Waals surface area contributed by atoms with Crippen molar-refractivity contribution in [2.75, 3.05) is 6.54 Å². The second kappa shape index (κ2) is 6.89. The van der Waals surface area contributed by atoms with Crippen molar-refractivity contribution in [3.63, 3.8) is 0 Å². The van der Waals surface area contributed by atoms with Crippen LogP contribution in [0.3, 0.4) is 0 Å². The van der Waals surface area contributed by atoms with Crippen LogP contribution in [-0.4, -0.2) is 22.7 Å². The lowest BCUT2D eigenvalue weighted by Gasteiger charge is -2.23. The van der Waals surface area contributed by atoms with Crippen LogP contribution < -0.4 is 0 Å². The SMILES string of the molecule is CCC(O)CN(Cc1ccco1)Cc1ccc(C)s1. The quantitative estimate of drug-likeness (QED) is 0.843. The summed E-state index contributed by atoms with van der Waals surface area (Å²) in [6, 6.07) is 8.18. The Balaban J connectivity index is 2.00. The van der Waals surface area contributed by atoms with Gasteiger partial charge >= 0.3 is 0 Å². The van der Waals surface area contributed by atoms with E-state index in [9.17, 15) is 5.11 Å². The Morgan fingerprint density at radius 1 is 1.32 bits per heavy atom. The number of aryl methyl sites for hydroxylation is 1. The molecule has 0 saturated carbocycles. The molecule has 104 valence electrons. The number of nitrogens with zero attached hydrogens (tertiary/aromatic N) is 1. The summed E-state index contributed by atoms with van der Waals surface area (Å²) in [6.45, 7) is 6.39. The molecule has 0 amide bonds. The van der Waals surface area contributed by atoms with Gasteiger partial charge in [-0.25, -0.2) is 0 Å². The van der Waals surface area contributed by atoms with Crippen molar-refractivity contribution in [3.8, 4) is 0 Å². The van der Waals surface area contributed by atoms with E-state index in [1.807, 2.05) is 30.4 Å².